The molecule has 0 radical (unpaired) electrons. The fraction of sp³-hybridized carbons (Fsp3) is 0.200. The summed E-state index contributed by atoms with van der Waals surface area (Å²) < 4.78 is 1.15. The van der Waals surface area contributed by atoms with E-state index in [1.807, 2.05) is 13.8 Å². The molecule has 0 aliphatic carbocycles. The predicted octanol–water partition coefficient (Wildman–Crippen LogP) is 1.32. The van der Waals surface area contributed by atoms with E-state index < -0.39 is 5.91 Å². The van der Waals surface area contributed by atoms with Gasteiger partial charge in [-0.05, 0) is 59.7 Å². The molecule has 0 heterocycles. The molecule has 1 aromatic rings. The fourth-order valence-electron chi connectivity index (χ4n) is 1.25. The maximum absolute atomic E-state index is 11.5. The van der Waals surface area contributed by atoms with E-state index in [4.69, 9.17) is 11.5 Å². The van der Waals surface area contributed by atoms with Gasteiger partial charge in [-0.2, -0.15) is 4.99 Å². The Labute approximate surface area is 102 Å². The number of benzene rings is 1. The topological polar surface area (TPSA) is 81.5 Å². The highest BCUT2D eigenvalue weighted by Crippen LogP contribution is 2.18. The summed E-state index contributed by atoms with van der Waals surface area (Å²) in [5, 5.41) is 0. The summed E-state index contributed by atoms with van der Waals surface area (Å²) >= 11 is 2.24. The van der Waals surface area contributed by atoms with E-state index in [2.05, 4.69) is 27.6 Å². The Balaban J connectivity index is 3.18. The zero-order valence-corrected chi connectivity index (χ0v) is 10.7. The Morgan fingerprint density at radius 3 is 2.13 bits per heavy atom. The Bertz CT molecular complexity index is 413. The number of amides is 1. The molecule has 0 saturated carbocycles. The van der Waals surface area contributed by atoms with Crippen molar-refractivity contribution in [2.45, 2.75) is 13.8 Å². The van der Waals surface area contributed by atoms with Crippen LogP contribution in [0.1, 0.15) is 21.5 Å². The molecule has 0 unspecified atom stereocenters. The fourth-order valence-corrected chi connectivity index (χ4v) is 1.56. The second kappa shape index (κ2) is 4.61. The molecule has 80 valence electrons. The summed E-state index contributed by atoms with van der Waals surface area (Å²) in [6.45, 7) is 3.89. The molecule has 4 N–H and O–H groups in total. The number of nitrogens with zero attached hydrogens (tertiary/aromatic N) is 1. The van der Waals surface area contributed by atoms with Crippen molar-refractivity contribution in [1.82, 2.24) is 0 Å². The molecular formula is C10H12IN3O. The van der Waals surface area contributed by atoms with Crippen LogP contribution in [0.15, 0.2) is 17.1 Å². The molecule has 0 atom stereocenters. The van der Waals surface area contributed by atoms with Gasteiger partial charge in [0.25, 0.3) is 5.91 Å². The maximum atomic E-state index is 11.5. The van der Waals surface area contributed by atoms with Crippen molar-refractivity contribution in [3.05, 3.63) is 32.4 Å². The average molecular weight is 317 g/mol. The van der Waals surface area contributed by atoms with Crippen molar-refractivity contribution in [1.29, 1.82) is 0 Å². The number of aryl methyl sites for hydroxylation is 2. The van der Waals surface area contributed by atoms with Gasteiger partial charge in [0.05, 0.1) is 0 Å². The van der Waals surface area contributed by atoms with Gasteiger partial charge in [-0.1, -0.05) is 0 Å². The second-order valence-electron chi connectivity index (χ2n) is 3.27. The Kier molecular flexibility index (Phi) is 3.67. The van der Waals surface area contributed by atoms with Gasteiger partial charge < -0.3 is 11.5 Å². The molecule has 0 fully saturated rings. The van der Waals surface area contributed by atoms with E-state index in [1.54, 1.807) is 12.1 Å². The highest BCUT2D eigenvalue weighted by atomic mass is 127. The molecule has 0 bridgehead atoms. The van der Waals surface area contributed by atoms with Crippen LogP contribution in [0.25, 0.3) is 0 Å². The summed E-state index contributed by atoms with van der Waals surface area (Å²) in [4.78, 5) is 15.0. The van der Waals surface area contributed by atoms with E-state index in [-0.39, 0.29) is 5.96 Å². The number of halogens is 1. The van der Waals surface area contributed by atoms with E-state index in [9.17, 15) is 4.79 Å². The third-order valence-corrected chi connectivity index (χ3v) is 3.62. The predicted molar refractivity (Wildman–Crippen MR) is 68.8 cm³/mol. The van der Waals surface area contributed by atoms with E-state index >= 15 is 0 Å². The summed E-state index contributed by atoms with van der Waals surface area (Å²) in [6, 6.07) is 3.56. The molecule has 15 heavy (non-hydrogen) atoms. The SMILES string of the molecule is Cc1cc(C(=O)N=C(N)N)cc(C)c1I. The van der Waals surface area contributed by atoms with Gasteiger partial charge in [-0.15, -0.1) is 0 Å². The summed E-state index contributed by atoms with van der Waals surface area (Å²) in [5.41, 5.74) is 12.9. The molecule has 0 spiro atoms. The van der Waals surface area contributed by atoms with Crippen LogP contribution in [0.2, 0.25) is 0 Å². The highest BCUT2D eigenvalue weighted by Gasteiger charge is 2.08. The number of carbonyl (C=O) groups is 1. The number of aliphatic imine (C=N–C) groups is 1. The lowest BCUT2D eigenvalue weighted by Gasteiger charge is -2.05. The lowest BCUT2D eigenvalue weighted by Crippen LogP contribution is -2.24. The summed E-state index contributed by atoms with van der Waals surface area (Å²) in [7, 11) is 0. The van der Waals surface area contributed by atoms with Crippen molar-refractivity contribution in [2.75, 3.05) is 0 Å². The summed E-state index contributed by atoms with van der Waals surface area (Å²) in [5.74, 6) is -0.619. The van der Waals surface area contributed by atoms with Crippen LogP contribution in [-0.2, 0) is 0 Å². The minimum atomic E-state index is -0.405. The Morgan fingerprint density at radius 1 is 1.27 bits per heavy atom. The van der Waals surface area contributed by atoms with Crippen molar-refractivity contribution >= 4 is 34.5 Å². The second-order valence-corrected chi connectivity index (χ2v) is 4.34. The quantitative estimate of drug-likeness (QED) is 0.466. The van der Waals surface area contributed by atoms with E-state index in [0.29, 0.717) is 5.56 Å². The van der Waals surface area contributed by atoms with Crippen molar-refractivity contribution < 1.29 is 4.79 Å². The number of hydrogen-bond donors (Lipinski definition) is 2. The van der Waals surface area contributed by atoms with Crippen LogP contribution in [0.3, 0.4) is 0 Å². The van der Waals surface area contributed by atoms with Gasteiger partial charge in [0.2, 0.25) is 0 Å². The van der Waals surface area contributed by atoms with Gasteiger partial charge in [-0.25, -0.2) is 0 Å². The van der Waals surface area contributed by atoms with Gasteiger partial charge >= 0.3 is 0 Å². The zero-order chi connectivity index (χ0) is 11.6. The molecule has 0 aliphatic rings. The molecule has 0 aliphatic heterocycles. The average Bonchev–Trinajstić information content (AvgIpc) is 2.12. The van der Waals surface area contributed by atoms with Gasteiger partial charge in [-0.3, -0.25) is 4.79 Å². The van der Waals surface area contributed by atoms with Crippen LogP contribution in [0.5, 0.6) is 0 Å². The van der Waals surface area contributed by atoms with Crippen LogP contribution >= 0.6 is 22.6 Å². The van der Waals surface area contributed by atoms with Gasteiger partial charge in [0.1, 0.15) is 0 Å². The van der Waals surface area contributed by atoms with Gasteiger partial charge in [0.15, 0.2) is 5.96 Å². The number of nitrogens with two attached hydrogens (primary N) is 2. The molecule has 0 aromatic heterocycles. The number of hydrogen-bond acceptors (Lipinski definition) is 1. The first kappa shape index (κ1) is 12.0. The van der Waals surface area contributed by atoms with E-state index in [0.717, 1.165) is 14.7 Å². The first-order valence-electron chi connectivity index (χ1n) is 4.32. The number of guanidine groups is 1. The van der Waals surface area contributed by atoms with Crippen molar-refractivity contribution in [3.8, 4) is 0 Å². The first-order valence-corrected chi connectivity index (χ1v) is 5.40. The first-order chi connectivity index (χ1) is 6.91. The van der Waals surface area contributed by atoms with Crippen molar-refractivity contribution in [2.24, 2.45) is 16.5 Å². The number of carbonyl (C=O) groups excluding carboxylic acids is 1. The normalized spacial score (nSPS) is 9.80. The molecule has 1 amide bonds. The standard InChI is InChI=1S/C10H12IN3O/c1-5-3-7(4-6(2)8(5)11)9(15)14-10(12)13/h3-4H,1-2H3,(H4,12,13,14,15). The largest absolute Gasteiger partial charge is 0.370 e. The molecule has 1 aromatic carbocycles. The summed E-state index contributed by atoms with van der Waals surface area (Å²) in [6.07, 6.45) is 0. The number of rotatable bonds is 1. The minimum absolute atomic E-state index is 0.214. The van der Waals surface area contributed by atoms with Crippen LogP contribution in [-0.4, -0.2) is 11.9 Å². The van der Waals surface area contributed by atoms with Gasteiger partial charge in [0, 0.05) is 9.13 Å². The Hall–Kier alpha value is -1.11. The van der Waals surface area contributed by atoms with Crippen molar-refractivity contribution in [3.63, 3.8) is 0 Å². The molecule has 1 rings (SSSR count). The molecular weight excluding hydrogens is 305 g/mol. The zero-order valence-electron chi connectivity index (χ0n) is 8.54. The van der Waals surface area contributed by atoms with Crippen LogP contribution in [0, 0.1) is 17.4 Å². The molecule has 0 saturated heterocycles. The third-order valence-electron chi connectivity index (χ3n) is 1.91. The highest BCUT2D eigenvalue weighted by molar-refractivity contribution is 14.1. The lowest BCUT2D eigenvalue weighted by molar-refractivity contribution is 0.100. The smallest absolute Gasteiger partial charge is 0.280 e. The minimum Gasteiger partial charge on any atom is -0.370 e. The van der Waals surface area contributed by atoms with E-state index in [1.165, 1.54) is 0 Å². The molecule has 4 nitrogen and oxygen atoms in total. The Morgan fingerprint density at radius 2 is 1.73 bits per heavy atom. The monoisotopic (exact) mass is 317 g/mol. The van der Waals surface area contributed by atoms with Crippen LogP contribution in [0.4, 0.5) is 0 Å². The maximum Gasteiger partial charge on any atom is 0.280 e. The molecule has 5 heteroatoms. The lowest BCUT2D eigenvalue weighted by atomic mass is 10.1. The van der Waals surface area contributed by atoms with Crippen LogP contribution < -0.4 is 11.5 Å². The third kappa shape index (κ3) is 2.92.